The second-order valence-electron chi connectivity index (χ2n) is 5.85. The number of anilines is 1. The third kappa shape index (κ3) is 3.91. The van der Waals surface area contributed by atoms with E-state index in [4.69, 9.17) is 0 Å². The van der Waals surface area contributed by atoms with Crippen molar-refractivity contribution in [1.82, 2.24) is 4.90 Å². The van der Waals surface area contributed by atoms with E-state index in [-0.39, 0.29) is 10.6 Å². The van der Waals surface area contributed by atoms with Gasteiger partial charge in [-0.15, -0.1) is 0 Å². The van der Waals surface area contributed by atoms with Gasteiger partial charge in [-0.05, 0) is 26.0 Å². The monoisotopic (exact) mass is 279 g/mol. The molecule has 1 aliphatic heterocycles. The molecule has 1 aromatic carbocycles. The fraction of sp³-hybridized carbons (Fsp3) is 0.571. The average Bonchev–Trinajstić information content (AvgIpc) is 2.38. The minimum atomic E-state index is -0.671. The largest absolute Gasteiger partial charge is 0.389 e. The van der Waals surface area contributed by atoms with E-state index in [0.29, 0.717) is 6.54 Å². The highest BCUT2D eigenvalue weighted by Gasteiger charge is 2.23. The summed E-state index contributed by atoms with van der Waals surface area (Å²) in [6.45, 7) is 7.82. The second kappa shape index (κ2) is 5.76. The molecule has 110 valence electrons. The zero-order valence-corrected chi connectivity index (χ0v) is 12.0. The quantitative estimate of drug-likeness (QED) is 0.668. The van der Waals surface area contributed by atoms with Gasteiger partial charge in [-0.1, -0.05) is 0 Å². The molecule has 0 radical (unpaired) electrons. The van der Waals surface area contributed by atoms with Crippen molar-refractivity contribution in [2.24, 2.45) is 0 Å². The van der Waals surface area contributed by atoms with Crippen LogP contribution in [0.15, 0.2) is 24.3 Å². The first-order chi connectivity index (χ1) is 9.35. The molecule has 0 atom stereocenters. The predicted octanol–water partition coefficient (Wildman–Crippen LogP) is 1.49. The molecular formula is C14H21N3O3. The van der Waals surface area contributed by atoms with Gasteiger partial charge in [-0.2, -0.15) is 0 Å². The number of non-ortho nitro benzene ring substituents is 1. The molecule has 2 rings (SSSR count). The van der Waals surface area contributed by atoms with Crippen LogP contribution in [-0.2, 0) is 0 Å². The van der Waals surface area contributed by atoms with Crippen LogP contribution in [0.3, 0.4) is 0 Å². The summed E-state index contributed by atoms with van der Waals surface area (Å²) < 4.78 is 0. The molecule has 1 fully saturated rings. The first kappa shape index (κ1) is 14.7. The van der Waals surface area contributed by atoms with Crippen LogP contribution in [0.2, 0.25) is 0 Å². The van der Waals surface area contributed by atoms with E-state index >= 15 is 0 Å². The van der Waals surface area contributed by atoms with Crippen LogP contribution in [0.25, 0.3) is 0 Å². The van der Waals surface area contributed by atoms with E-state index in [9.17, 15) is 15.2 Å². The average molecular weight is 279 g/mol. The van der Waals surface area contributed by atoms with Gasteiger partial charge >= 0.3 is 0 Å². The standard InChI is InChI=1S/C14H21N3O3/c1-14(2,18)11-15-7-9-16(10-8-15)12-3-5-13(6-4-12)17(19)20/h3-6,18H,7-11H2,1-2H3. The van der Waals surface area contributed by atoms with E-state index in [1.165, 1.54) is 0 Å². The number of benzene rings is 1. The lowest BCUT2D eigenvalue weighted by molar-refractivity contribution is -0.384. The topological polar surface area (TPSA) is 69.8 Å². The molecule has 0 bridgehead atoms. The normalized spacial score (nSPS) is 17.2. The van der Waals surface area contributed by atoms with Gasteiger partial charge in [0.1, 0.15) is 0 Å². The predicted molar refractivity (Wildman–Crippen MR) is 78.0 cm³/mol. The van der Waals surface area contributed by atoms with Crippen LogP contribution in [0.1, 0.15) is 13.8 Å². The Morgan fingerprint density at radius 1 is 1.20 bits per heavy atom. The summed E-state index contributed by atoms with van der Waals surface area (Å²) >= 11 is 0. The van der Waals surface area contributed by atoms with Crippen molar-refractivity contribution in [1.29, 1.82) is 0 Å². The minimum Gasteiger partial charge on any atom is -0.389 e. The summed E-state index contributed by atoms with van der Waals surface area (Å²) in [5.41, 5.74) is 0.461. The maximum absolute atomic E-state index is 10.6. The van der Waals surface area contributed by atoms with Crippen molar-refractivity contribution in [2.45, 2.75) is 19.4 Å². The molecule has 1 aromatic rings. The number of aliphatic hydroxyl groups is 1. The third-order valence-corrected chi connectivity index (χ3v) is 3.41. The molecule has 0 spiro atoms. The van der Waals surface area contributed by atoms with Crippen LogP contribution < -0.4 is 4.90 Å². The zero-order chi connectivity index (χ0) is 14.8. The summed E-state index contributed by atoms with van der Waals surface area (Å²) in [6, 6.07) is 6.67. The molecule has 1 heterocycles. The Morgan fingerprint density at radius 3 is 2.20 bits per heavy atom. The first-order valence-electron chi connectivity index (χ1n) is 6.79. The summed E-state index contributed by atoms with van der Waals surface area (Å²) in [5.74, 6) is 0. The van der Waals surface area contributed by atoms with Gasteiger partial charge in [0.25, 0.3) is 5.69 Å². The highest BCUT2D eigenvalue weighted by atomic mass is 16.6. The van der Waals surface area contributed by atoms with Gasteiger partial charge in [0.15, 0.2) is 0 Å². The molecule has 20 heavy (non-hydrogen) atoms. The van der Waals surface area contributed by atoms with Crippen LogP contribution in [0.5, 0.6) is 0 Å². The van der Waals surface area contributed by atoms with Crippen LogP contribution in [0, 0.1) is 10.1 Å². The Bertz CT molecular complexity index is 460. The number of β-amino-alcohol motifs (C(OH)–C–C–N with tert-alkyl or cyclic N) is 1. The number of nitrogens with zero attached hydrogens (tertiary/aromatic N) is 3. The Kier molecular flexibility index (Phi) is 4.25. The van der Waals surface area contributed by atoms with Gasteiger partial charge in [0.05, 0.1) is 10.5 Å². The maximum Gasteiger partial charge on any atom is 0.269 e. The summed E-state index contributed by atoms with van der Waals surface area (Å²) in [7, 11) is 0. The van der Waals surface area contributed by atoms with Crippen molar-refractivity contribution in [3.05, 3.63) is 34.4 Å². The lowest BCUT2D eigenvalue weighted by Gasteiger charge is -2.38. The first-order valence-corrected chi connectivity index (χ1v) is 6.79. The fourth-order valence-electron chi connectivity index (χ4n) is 2.50. The SMILES string of the molecule is CC(C)(O)CN1CCN(c2ccc([N+](=O)[O-])cc2)CC1. The molecule has 0 aliphatic carbocycles. The minimum absolute atomic E-state index is 0.120. The highest BCUT2D eigenvalue weighted by Crippen LogP contribution is 2.21. The molecule has 0 unspecified atom stereocenters. The second-order valence-corrected chi connectivity index (χ2v) is 5.85. The van der Waals surface area contributed by atoms with Crippen molar-refractivity contribution >= 4 is 11.4 Å². The van der Waals surface area contributed by atoms with E-state index < -0.39 is 5.60 Å². The Labute approximate surface area is 118 Å². The number of hydrogen-bond acceptors (Lipinski definition) is 5. The Morgan fingerprint density at radius 2 is 1.75 bits per heavy atom. The van der Waals surface area contributed by atoms with Crippen molar-refractivity contribution in [2.75, 3.05) is 37.6 Å². The molecular weight excluding hydrogens is 258 g/mol. The Balaban J connectivity index is 1.92. The number of piperazine rings is 1. The molecule has 6 heteroatoms. The molecule has 1 saturated heterocycles. The Hall–Kier alpha value is -1.66. The van der Waals surface area contributed by atoms with Crippen molar-refractivity contribution in [3.8, 4) is 0 Å². The van der Waals surface area contributed by atoms with Crippen molar-refractivity contribution in [3.63, 3.8) is 0 Å². The van der Waals surface area contributed by atoms with E-state index in [0.717, 1.165) is 31.9 Å². The summed E-state index contributed by atoms with van der Waals surface area (Å²) in [6.07, 6.45) is 0. The van der Waals surface area contributed by atoms with E-state index in [2.05, 4.69) is 9.80 Å². The molecule has 6 nitrogen and oxygen atoms in total. The van der Waals surface area contributed by atoms with Gasteiger partial charge in [-0.3, -0.25) is 15.0 Å². The van der Waals surface area contributed by atoms with E-state index in [1.807, 2.05) is 13.8 Å². The number of hydrogen-bond donors (Lipinski definition) is 1. The molecule has 1 aliphatic rings. The molecule has 0 aromatic heterocycles. The molecule has 0 amide bonds. The van der Waals surface area contributed by atoms with E-state index in [1.54, 1.807) is 24.3 Å². The number of rotatable bonds is 4. The lowest BCUT2D eigenvalue weighted by Crippen LogP contribution is -2.50. The molecule has 0 saturated carbocycles. The van der Waals surface area contributed by atoms with Crippen LogP contribution >= 0.6 is 0 Å². The maximum atomic E-state index is 10.6. The van der Waals surface area contributed by atoms with Crippen molar-refractivity contribution < 1.29 is 10.0 Å². The number of nitro groups is 1. The molecule has 1 N–H and O–H groups in total. The summed E-state index contributed by atoms with van der Waals surface area (Å²) in [4.78, 5) is 14.7. The van der Waals surface area contributed by atoms with Gasteiger partial charge in [0, 0.05) is 50.5 Å². The van der Waals surface area contributed by atoms with Gasteiger partial charge < -0.3 is 10.0 Å². The van der Waals surface area contributed by atoms with Gasteiger partial charge in [-0.25, -0.2) is 0 Å². The smallest absolute Gasteiger partial charge is 0.269 e. The summed E-state index contributed by atoms with van der Waals surface area (Å²) in [5, 5.41) is 20.4. The third-order valence-electron chi connectivity index (χ3n) is 3.41. The van der Waals surface area contributed by atoms with Crippen LogP contribution in [0.4, 0.5) is 11.4 Å². The fourth-order valence-corrected chi connectivity index (χ4v) is 2.50. The number of nitro benzene ring substituents is 1. The lowest BCUT2D eigenvalue weighted by atomic mass is 10.1. The highest BCUT2D eigenvalue weighted by molar-refractivity contribution is 5.51. The van der Waals surface area contributed by atoms with Crippen LogP contribution in [-0.4, -0.2) is 53.3 Å². The van der Waals surface area contributed by atoms with Gasteiger partial charge in [0.2, 0.25) is 0 Å². The zero-order valence-electron chi connectivity index (χ0n) is 12.0.